The predicted octanol–water partition coefficient (Wildman–Crippen LogP) is -1.33. The average molecular weight is 1040 g/mol. The number of aliphatic hydroxyl groups excluding tert-OH is 2. The lowest BCUT2D eigenvalue weighted by molar-refractivity contribution is -0.143. The maximum absolute atomic E-state index is 15.4. The van der Waals surface area contributed by atoms with Crippen molar-refractivity contribution in [3.63, 3.8) is 0 Å². The normalized spacial score (nSPS) is 17.5. The molecule has 73 heavy (non-hydrogen) atoms. The number of halogens is 1. The lowest BCUT2D eigenvalue weighted by Gasteiger charge is -2.33. The van der Waals surface area contributed by atoms with Gasteiger partial charge in [0.1, 0.15) is 66.7 Å². The first-order valence-electron chi connectivity index (χ1n) is 22.4. The molecule has 0 aliphatic carbocycles. The van der Waals surface area contributed by atoms with Gasteiger partial charge in [-0.2, -0.15) is 13.1 Å². The summed E-state index contributed by atoms with van der Waals surface area (Å²) in [6.45, 7) is 5.38. The minimum absolute atomic E-state index is 0.00489. The molecule has 4 amide bonds. The first-order chi connectivity index (χ1) is 34.1. The Labute approximate surface area is 418 Å². The van der Waals surface area contributed by atoms with E-state index in [1.54, 1.807) is 20.8 Å². The van der Waals surface area contributed by atoms with Crippen molar-refractivity contribution in [2.75, 3.05) is 45.6 Å². The van der Waals surface area contributed by atoms with Gasteiger partial charge in [0.05, 0.1) is 11.3 Å². The molecule has 6 atom stereocenters. The molecule has 0 spiro atoms. The van der Waals surface area contributed by atoms with Crippen LogP contribution < -0.4 is 52.5 Å². The Hall–Kier alpha value is -7.27. The number of aryl methyl sites for hydroxylation is 1. The van der Waals surface area contributed by atoms with E-state index in [0.29, 0.717) is 0 Å². The van der Waals surface area contributed by atoms with E-state index in [1.165, 1.54) is 50.2 Å². The molecule has 0 unspecified atom stereocenters. The van der Waals surface area contributed by atoms with Gasteiger partial charge in [0.2, 0.25) is 17.7 Å². The van der Waals surface area contributed by atoms with E-state index < -0.39 is 129 Å². The van der Waals surface area contributed by atoms with Gasteiger partial charge < -0.3 is 73.1 Å². The Bertz CT molecular complexity index is 2860. The highest BCUT2D eigenvalue weighted by Gasteiger charge is 2.38. The SMILES string of the molecule is Cc1nc(-c2ccc(C(C)(C)C)c(F)c2O)nc(N)c1C(=O)N[C@@H](CNS(N)(=O)=O)C(=O)N(C)[C@@H]1C(=O)N[C@@H](C)C(=O)N[C@H](C(=O)O)Cc2ccc(OC[C@H](O)CN)c(c2)-c2cc1cc(OC[C@H](O)CN)c2O. The third-order valence-electron chi connectivity index (χ3n) is 11.5. The Balaban J connectivity index is 1.68. The van der Waals surface area contributed by atoms with Crippen LogP contribution in [0, 0.1) is 12.7 Å². The van der Waals surface area contributed by atoms with Gasteiger partial charge in [-0.3, -0.25) is 19.2 Å². The summed E-state index contributed by atoms with van der Waals surface area (Å²) in [5.41, 5.74) is 16.1. The van der Waals surface area contributed by atoms with Crippen molar-refractivity contribution in [2.45, 2.75) is 82.8 Å². The fourth-order valence-corrected chi connectivity index (χ4v) is 8.01. The van der Waals surface area contributed by atoms with Crippen LogP contribution in [0.5, 0.6) is 23.0 Å². The molecule has 4 aromatic rings. The number of carboxylic acid groups (broad SMARTS) is 1. The molecule has 2 heterocycles. The number of aliphatic hydroxyl groups is 2. The van der Waals surface area contributed by atoms with Gasteiger partial charge in [0.15, 0.2) is 28.9 Å². The topological polar surface area (TPSA) is 420 Å². The molecule has 0 saturated carbocycles. The lowest BCUT2D eigenvalue weighted by Crippen LogP contribution is -2.57. The van der Waals surface area contributed by atoms with E-state index in [1.807, 2.05) is 4.72 Å². The summed E-state index contributed by atoms with van der Waals surface area (Å²) in [6, 6.07) is 2.43. The number of phenolic OH excluding ortho intramolecular Hbond substituents is 2. The third-order valence-corrected chi connectivity index (χ3v) is 12.1. The molecule has 0 radical (unpaired) electrons. The Kier molecular flexibility index (Phi) is 17.9. The van der Waals surface area contributed by atoms with Crippen LogP contribution in [-0.2, 0) is 41.2 Å². The zero-order valence-corrected chi connectivity index (χ0v) is 41.4. The molecule has 1 aliphatic rings. The van der Waals surface area contributed by atoms with Crippen molar-refractivity contribution in [3.05, 3.63) is 76.2 Å². The minimum Gasteiger partial charge on any atom is -0.504 e. The predicted molar refractivity (Wildman–Crippen MR) is 260 cm³/mol. The van der Waals surface area contributed by atoms with Crippen molar-refractivity contribution < 1.29 is 71.8 Å². The van der Waals surface area contributed by atoms with Gasteiger partial charge >= 0.3 is 5.97 Å². The van der Waals surface area contributed by atoms with Crippen LogP contribution in [0.4, 0.5) is 10.2 Å². The summed E-state index contributed by atoms with van der Waals surface area (Å²) in [5, 5.41) is 66.0. The molecule has 0 saturated heterocycles. The fourth-order valence-electron chi connectivity index (χ4n) is 7.62. The summed E-state index contributed by atoms with van der Waals surface area (Å²) in [4.78, 5) is 78.9. The number of nitrogens with two attached hydrogens (primary N) is 4. The molecule has 17 N–H and O–H groups in total. The fraction of sp³-hybridized carbons (Fsp3) is 0.413. The highest BCUT2D eigenvalue weighted by molar-refractivity contribution is 7.87. The van der Waals surface area contributed by atoms with Crippen LogP contribution in [0.15, 0.2) is 42.5 Å². The Morgan fingerprint density at radius 2 is 1.55 bits per heavy atom. The van der Waals surface area contributed by atoms with Crippen LogP contribution in [0.1, 0.15) is 66.5 Å². The van der Waals surface area contributed by atoms with Crippen LogP contribution >= 0.6 is 0 Å². The van der Waals surface area contributed by atoms with Crippen molar-refractivity contribution in [1.29, 1.82) is 0 Å². The van der Waals surface area contributed by atoms with Crippen molar-refractivity contribution in [3.8, 4) is 45.5 Å². The number of aromatic nitrogens is 2. The van der Waals surface area contributed by atoms with Gasteiger partial charge in [-0.15, -0.1) is 0 Å². The number of fused-ring (bicyclic) bond motifs is 5. The largest absolute Gasteiger partial charge is 0.504 e. The number of aliphatic carboxylic acids is 1. The molecular formula is C46H60FN11O14S. The number of likely N-dealkylation sites (N-methyl/N-ethyl adjacent to an activating group) is 1. The van der Waals surface area contributed by atoms with Gasteiger partial charge in [0.25, 0.3) is 16.1 Å². The monoisotopic (exact) mass is 1040 g/mol. The quantitative estimate of drug-likeness (QED) is 0.0582. The molecule has 1 aliphatic heterocycles. The van der Waals surface area contributed by atoms with Crippen LogP contribution in [-0.4, -0.2) is 149 Å². The van der Waals surface area contributed by atoms with Crippen LogP contribution in [0.3, 0.4) is 0 Å². The number of carboxylic acids is 1. The second-order valence-electron chi connectivity index (χ2n) is 18.2. The van der Waals surface area contributed by atoms with Crippen molar-refractivity contribution in [2.24, 2.45) is 16.6 Å². The molecule has 1 aromatic heterocycles. The number of nitrogens with zero attached hydrogens (tertiary/aromatic N) is 3. The number of carbonyl (C=O) groups excluding carboxylic acids is 4. The number of anilines is 1. The summed E-state index contributed by atoms with van der Waals surface area (Å²) >= 11 is 0. The maximum atomic E-state index is 15.4. The lowest BCUT2D eigenvalue weighted by atomic mass is 9.85. The molecule has 3 aromatic carbocycles. The average Bonchev–Trinajstić information content (AvgIpc) is 3.31. The second-order valence-corrected chi connectivity index (χ2v) is 19.6. The number of hydrogen-bond acceptors (Lipinski definition) is 18. The summed E-state index contributed by atoms with van der Waals surface area (Å²) < 4.78 is 53.6. The zero-order valence-electron chi connectivity index (χ0n) is 40.6. The van der Waals surface area contributed by atoms with E-state index >= 15 is 4.39 Å². The van der Waals surface area contributed by atoms with Gasteiger partial charge in [-0.05, 0) is 66.3 Å². The number of amides is 4. The number of ether oxygens (including phenoxy) is 2. The number of nitrogens with one attached hydrogen (secondary N) is 4. The summed E-state index contributed by atoms with van der Waals surface area (Å²) in [5.74, 6) is -9.52. The highest BCUT2D eigenvalue weighted by Crippen LogP contribution is 2.45. The number of aromatic hydroxyl groups is 2. The van der Waals surface area contributed by atoms with Gasteiger partial charge in [-0.25, -0.2) is 24.3 Å². The number of phenols is 2. The van der Waals surface area contributed by atoms with E-state index in [9.17, 15) is 57.9 Å². The molecule has 396 valence electrons. The molecule has 0 fully saturated rings. The van der Waals surface area contributed by atoms with Crippen molar-refractivity contribution >= 4 is 45.6 Å². The first kappa shape index (κ1) is 56.6. The molecule has 5 rings (SSSR count). The number of hydrogen-bond donors (Lipinski definition) is 13. The van der Waals surface area contributed by atoms with Gasteiger partial charge in [0, 0.05) is 44.2 Å². The smallest absolute Gasteiger partial charge is 0.326 e. The highest BCUT2D eigenvalue weighted by atomic mass is 32.2. The van der Waals surface area contributed by atoms with E-state index in [2.05, 4.69) is 25.9 Å². The van der Waals surface area contributed by atoms with Crippen LogP contribution in [0.2, 0.25) is 0 Å². The first-order valence-corrected chi connectivity index (χ1v) is 24.0. The molecule has 25 nitrogen and oxygen atoms in total. The molecule has 27 heteroatoms. The number of benzene rings is 3. The van der Waals surface area contributed by atoms with E-state index in [-0.39, 0.29) is 76.8 Å². The van der Waals surface area contributed by atoms with Crippen LogP contribution in [0.25, 0.3) is 22.5 Å². The second kappa shape index (κ2) is 23.1. The summed E-state index contributed by atoms with van der Waals surface area (Å²) in [7, 11) is -3.54. The van der Waals surface area contributed by atoms with E-state index in [0.717, 1.165) is 18.0 Å². The maximum Gasteiger partial charge on any atom is 0.326 e. The van der Waals surface area contributed by atoms with E-state index in [4.69, 9.17) is 31.8 Å². The minimum atomic E-state index is -4.61. The Morgan fingerprint density at radius 3 is 2.12 bits per heavy atom. The standard InChI is InChI=1S/C46H60FN11O14S/c1-20-34(39(50)57-40(53-20)26-8-9-29(46(3,4)5)35(47)38(26)62)42(64)56-31(17-52-73(51,69)70)44(66)58(6)36-23-13-28(37(61)33(14-23)72-19-25(60)16-49)27-11-22(7-10-32(27)71-18-24(59)15-48)12-30(45(67)68)55-41(63)21(2)54-43(36)65/h7-11,13-14,21,24-25,30-31,36,52,59-62H,12,15-19,48-49H2,1-6H3,(H,54,65)(H,55,63)(H,56,64)(H,67,68)(H2,50,53,57)(H2,51,69,70)/t21-,24+,25+,30-,31-,36-/m0/s1. The molecule has 4 bridgehead atoms. The molecular weight excluding hydrogens is 982 g/mol. The van der Waals surface area contributed by atoms with Gasteiger partial charge in [-0.1, -0.05) is 32.9 Å². The zero-order chi connectivity index (χ0) is 54.4. The number of nitrogen functional groups attached to an aromatic ring is 1. The number of rotatable bonds is 17. The third kappa shape index (κ3) is 13.6. The number of carbonyl (C=O) groups is 5. The van der Waals surface area contributed by atoms with Crippen molar-refractivity contribution in [1.82, 2.24) is 35.5 Å². The summed E-state index contributed by atoms with van der Waals surface area (Å²) in [6.07, 6.45) is -2.79. The Morgan fingerprint density at radius 1 is 0.918 bits per heavy atom.